The number of aromatic nitrogens is 1. The number of ether oxygens (including phenoxy) is 1. The lowest BCUT2D eigenvalue weighted by molar-refractivity contribution is -0.118. The van der Waals surface area contributed by atoms with Gasteiger partial charge in [-0.25, -0.2) is 9.78 Å². The Labute approximate surface area is 199 Å². The van der Waals surface area contributed by atoms with Gasteiger partial charge in [0.25, 0.3) is 0 Å². The fraction of sp³-hybridized carbons (Fsp3) is 0.269. The van der Waals surface area contributed by atoms with Crippen molar-refractivity contribution in [1.29, 1.82) is 0 Å². The first-order chi connectivity index (χ1) is 15.8. The molecule has 6 nitrogen and oxygen atoms in total. The van der Waals surface area contributed by atoms with Crippen LogP contribution in [0.15, 0.2) is 84.0 Å². The maximum atomic E-state index is 13.0. The molecular formula is C26H29N3O3S. The lowest BCUT2D eigenvalue weighted by atomic mass is 10.1. The predicted molar refractivity (Wildman–Crippen MR) is 132 cm³/mol. The van der Waals surface area contributed by atoms with Gasteiger partial charge in [0.1, 0.15) is 11.6 Å². The van der Waals surface area contributed by atoms with Gasteiger partial charge in [0.2, 0.25) is 5.91 Å². The van der Waals surface area contributed by atoms with Crippen LogP contribution in [-0.2, 0) is 21.7 Å². The average molecular weight is 464 g/mol. The van der Waals surface area contributed by atoms with Crippen molar-refractivity contribution in [1.82, 2.24) is 10.3 Å². The van der Waals surface area contributed by atoms with Crippen molar-refractivity contribution in [3.8, 4) is 0 Å². The summed E-state index contributed by atoms with van der Waals surface area (Å²) in [7, 11) is 0. The van der Waals surface area contributed by atoms with Gasteiger partial charge in [-0.2, -0.15) is 0 Å². The fourth-order valence-corrected chi connectivity index (χ4v) is 3.81. The van der Waals surface area contributed by atoms with E-state index in [1.165, 1.54) is 5.56 Å². The summed E-state index contributed by atoms with van der Waals surface area (Å²) in [4.78, 5) is 29.8. The van der Waals surface area contributed by atoms with Crippen LogP contribution in [0, 0.1) is 0 Å². The number of hydrogen-bond acceptors (Lipinski definition) is 5. The summed E-state index contributed by atoms with van der Waals surface area (Å²) >= 11 is 1.63. The highest BCUT2D eigenvalue weighted by atomic mass is 32.2. The number of nitrogens with zero attached hydrogens (tertiary/aromatic N) is 1. The summed E-state index contributed by atoms with van der Waals surface area (Å²) in [5.74, 6) is 0.481. The second-order valence-electron chi connectivity index (χ2n) is 8.54. The van der Waals surface area contributed by atoms with E-state index in [1.54, 1.807) is 38.7 Å². The van der Waals surface area contributed by atoms with Crippen molar-refractivity contribution < 1.29 is 14.3 Å². The molecule has 2 N–H and O–H groups in total. The topological polar surface area (TPSA) is 80.3 Å². The highest BCUT2D eigenvalue weighted by Gasteiger charge is 2.25. The molecule has 2 aromatic carbocycles. The van der Waals surface area contributed by atoms with E-state index in [4.69, 9.17) is 4.74 Å². The highest BCUT2D eigenvalue weighted by molar-refractivity contribution is 7.98. The molecule has 0 saturated carbocycles. The number of anilines is 1. The zero-order valence-electron chi connectivity index (χ0n) is 19.1. The third-order valence-electron chi connectivity index (χ3n) is 4.52. The van der Waals surface area contributed by atoms with E-state index in [2.05, 4.69) is 27.8 Å². The Hall–Kier alpha value is -3.32. The van der Waals surface area contributed by atoms with Crippen LogP contribution in [0.25, 0.3) is 0 Å². The number of amides is 2. The fourth-order valence-electron chi connectivity index (χ4n) is 3.01. The molecule has 0 spiro atoms. The van der Waals surface area contributed by atoms with Crippen molar-refractivity contribution in [3.63, 3.8) is 0 Å². The Balaban J connectivity index is 1.63. The molecule has 1 atom stereocenters. The molecule has 172 valence electrons. The quantitative estimate of drug-likeness (QED) is 0.434. The Morgan fingerprint density at radius 3 is 2.15 bits per heavy atom. The number of hydrogen-bond donors (Lipinski definition) is 2. The zero-order chi connectivity index (χ0) is 23.7. The molecule has 33 heavy (non-hydrogen) atoms. The highest BCUT2D eigenvalue weighted by Crippen LogP contribution is 2.22. The number of rotatable bonds is 8. The van der Waals surface area contributed by atoms with Gasteiger partial charge in [0, 0.05) is 12.2 Å². The van der Waals surface area contributed by atoms with E-state index in [9.17, 15) is 9.59 Å². The molecule has 0 aliphatic carbocycles. The maximum absolute atomic E-state index is 13.0. The van der Waals surface area contributed by atoms with E-state index in [1.807, 2.05) is 60.7 Å². The molecule has 1 heterocycles. The third kappa shape index (κ3) is 8.61. The molecule has 0 radical (unpaired) electrons. The van der Waals surface area contributed by atoms with Crippen LogP contribution in [0.2, 0.25) is 0 Å². The van der Waals surface area contributed by atoms with E-state index in [0.29, 0.717) is 12.1 Å². The molecule has 1 aromatic heterocycles. The SMILES string of the molecule is CC(C)(C)OC(=O)N[C@@H](Cc1ccccc1)C(=O)Nc1ccc(SCc2ccccc2)nc1. The first kappa shape index (κ1) is 24.3. The van der Waals surface area contributed by atoms with Crippen LogP contribution in [0.1, 0.15) is 31.9 Å². The molecule has 0 unspecified atom stereocenters. The minimum Gasteiger partial charge on any atom is -0.444 e. The Morgan fingerprint density at radius 2 is 1.58 bits per heavy atom. The van der Waals surface area contributed by atoms with E-state index >= 15 is 0 Å². The molecule has 0 aliphatic rings. The number of nitrogens with one attached hydrogen (secondary N) is 2. The number of pyridine rings is 1. The van der Waals surface area contributed by atoms with Gasteiger partial charge in [-0.05, 0) is 44.0 Å². The molecule has 0 fully saturated rings. The Bertz CT molecular complexity index is 1040. The Kier molecular flexibility index (Phi) is 8.49. The van der Waals surface area contributed by atoms with Crippen LogP contribution in [-0.4, -0.2) is 28.6 Å². The largest absolute Gasteiger partial charge is 0.444 e. The first-order valence-electron chi connectivity index (χ1n) is 10.8. The van der Waals surface area contributed by atoms with Crippen LogP contribution in [0.3, 0.4) is 0 Å². The normalized spacial score (nSPS) is 12.0. The van der Waals surface area contributed by atoms with Crippen LogP contribution in [0.4, 0.5) is 10.5 Å². The number of alkyl carbamates (subject to hydrolysis) is 1. The van der Waals surface area contributed by atoms with Crippen molar-refractivity contribution in [2.45, 2.75) is 49.6 Å². The summed E-state index contributed by atoms with van der Waals surface area (Å²) in [5.41, 5.74) is 2.06. The van der Waals surface area contributed by atoms with Crippen LogP contribution >= 0.6 is 11.8 Å². The summed E-state index contributed by atoms with van der Waals surface area (Å²) < 4.78 is 5.34. The third-order valence-corrected chi connectivity index (χ3v) is 5.54. The lowest BCUT2D eigenvalue weighted by Gasteiger charge is -2.23. The van der Waals surface area contributed by atoms with Crippen molar-refractivity contribution in [2.24, 2.45) is 0 Å². The predicted octanol–water partition coefficient (Wildman–Crippen LogP) is 5.45. The monoisotopic (exact) mass is 463 g/mol. The second-order valence-corrected chi connectivity index (χ2v) is 9.53. The molecular weight excluding hydrogens is 434 g/mol. The minimum atomic E-state index is -0.797. The second kappa shape index (κ2) is 11.5. The number of thioether (sulfide) groups is 1. The van der Waals surface area contributed by atoms with Crippen molar-refractivity contribution in [3.05, 3.63) is 90.1 Å². The van der Waals surface area contributed by atoms with Crippen LogP contribution < -0.4 is 10.6 Å². The average Bonchev–Trinajstić information content (AvgIpc) is 2.78. The molecule has 2 amide bonds. The number of benzene rings is 2. The zero-order valence-corrected chi connectivity index (χ0v) is 19.9. The van der Waals surface area contributed by atoms with Gasteiger partial charge < -0.3 is 15.4 Å². The number of carbonyl (C=O) groups excluding carboxylic acids is 2. The van der Waals surface area contributed by atoms with E-state index in [-0.39, 0.29) is 5.91 Å². The van der Waals surface area contributed by atoms with Crippen molar-refractivity contribution in [2.75, 3.05) is 5.32 Å². The molecule has 0 bridgehead atoms. The van der Waals surface area contributed by atoms with Gasteiger partial charge in [-0.15, -0.1) is 11.8 Å². The Morgan fingerprint density at radius 1 is 0.939 bits per heavy atom. The van der Waals surface area contributed by atoms with Crippen molar-refractivity contribution >= 4 is 29.4 Å². The smallest absolute Gasteiger partial charge is 0.408 e. The van der Waals surface area contributed by atoms with Gasteiger partial charge in [0.15, 0.2) is 0 Å². The van der Waals surface area contributed by atoms with E-state index < -0.39 is 17.7 Å². The summed E-state index contributed by atoms with van der Waals surface area (Å²) in [6.45, 7) is 5.34. The van der Waals surface area contributed by atoms with Gasteiger partial charge in [0.05, 0.1) is 16.9 Å². The first-order valence-corrected chi connectivity index (χ1v) is 11.7. The molecule has 0 aliphatic heterocycles. The summed E-state index contributed by atoms with van der Waals surface area (Å²) in [6, 6.07) is 22.6. The van der Waals surface area contributed by atoms with Crippen LogP contribution in [0.5, 0.6) is 0 Å². The molecule has 7 heteroatoms. The number of carbonyl (C=O) groups is 2. The van der Waals surface area contributed by atoms with Gasteiger partial charge >= 0.3 is 6.09 Å². The molecule has 0 saturated heterocycles. The van der Waals surface area contributed by atoms with E-state index in [0.717, 1.165) is 16.3 Å². The summed E-state index contributed by atoms with van der Waals surface area (Å²) in [5, 5.41) is 6.41. The van der Waals surface area contributed by atoms with Gasteiger partial charge in [-0.3, -0.25) is 4.79 Å². The molecule has 3 rings (SSSR count). The minimum absolute atomic E-state index is 0.337. The maximum Gasteiger partial charge on any atom is 0.408 e. The lowest BCUT2D eigenvalue weighted by Crippen LogP contribution is -2.47. The van der Waals surface area contributed by atoms with Gasteiger partial charge in [-0.1, -0.05) is 60.7 Å². The molecule has 3 aromatic rings. The summed E-state index contributed by atoms with van der Waals surface area (Å²) in [6.07, 6.45) is 1.33. The standard InChI is InChI=1S/C26H29N3O3S/c1-26(2,3)32-25(31)29-22(16-19-10-6-4-7-11-19)24(30)28-21-14-15-23(27-17-21)33-18-20-12-8-5-9-13-20/h4-15,17,22H,16,18H2,1-3H3,(H,28,30)(H,29,31)/t22-/m0/s1.